The van der Waals surface area contributed by atoms with Crippen LogP contribution in [0.4, 0.5) is 0 Å². The highest BCUT2D eigenvalue weighted by atomic mass is 32.1. The highest BCUT2D eigenvalue weighted by Gasteiger charge is 2.07. The van der Waals surface area contributed by atoms with Crippen molar-refractivity contribution in [2.45, 2.75) is 19.3 Å². The average molecular weight is 272 g/mol. The first kappa shape index (κ1) is 12.3. The first-order chi connectivity index (χ1) is 9.35. The van der Waals surface area contributed by atoms with Gasteiger partial charge in [-0.05, 0) is 18.5 Å². The summed E-state index contributed by atoms with van der Waals surface area (Å²) in [7, 11) is 0. The van der Waals surface area contributed by atoms with Crippen LogP contribution in [0, 0.1) is 0 Å². The number of fused-ring (bicyclic) bond motifs is 1. The van der Waals surface area contributed by atoms with Crippen LogP contribution in [0.2, 0.25) is 0 Å². The molecule has 2 heterocycles. The van der Waals surface area contributed by atoms with Crippen LogP contribution in [0.15, 0.2) is 36.5 Å². The van der Waals surface area contributed by atoms with E-state index in [0.29, 0.717) is 6.54 Å². The Morgan fingerprint density at radius 2 is 1.95 bits per heavy atom. The highest BCUT2D eigenvalue weighted by Crippen LogP contribution is 2.16. The van der Waals surface area contributed by atoms with Crippen molar-refractivity contribution in [2.24, 2.45) is 5.73 Å². The van der Waals surface area contributed by atoms with Gasteiger partial charge in [0.2, 0.25) is 4.96 Å². The summed E-state index contributed by atoms with van der Waals surface area (Å²) in [5, 5.41) is 5.69. The van der Waals surface area contributed by atoms with Gasteiger partial charge in [0, 0.05) is 12.8 Å². The second-order valence-corrected chi connectivity index (χ2v) is 5.52. The topological polar surface area (TPSA) is 56.2 Å². The van der Waals surface area contributed by atoms with Gasteiger partial charge in [-0.3, -0.25) is 0 Å². The third kappa shape index (κ3) is 2.83. The minimum atomic E-state index is 0.631. The molecular weight excluding hydrogens is 256 g/mol. The summed E-state index contributed by atoms with van der Waals surface area (Å²) in [5.74, 6) is 0. The second-order valence-electron chi connectivity index (χ2n) is 4.48. The van der Waals surface area contributed by atoms with Crippen LogP contribution in [0.25, 0.3) is 4.96 Å². The fourth-order valence-electron chi connectivity index (χ4n) is 2.05. The van der Waals surface area contributed by atoms with Crippen molar-refractivity contribution in [2.75, 3.05) is 6.54 Å². The van der Waals surface area contributed by atoms with Crippen LogP contribution in [0.5, 0.6) is 0 Å². The molecule has 4 nitrogen and oxygen atoms in total. The molecular formula is C14H16N4S. The summed E-state index contributed by atoms with van der Waals surface area (Å²) >= 11 is 1.66. The van der Waals surface area contributed by atoms with E-state index in [-0.39, 0.29) is 0 Å². The average Bonchev–Trinajstić information content (AvgIpc) is 2.96. The molecule has 0 radical (unpaired) electrons. The van der Waals surface area contributed by atoms with E-state index in [1.54, 1.807) is 11.3 Å². The number of aryl methyl sites for hydroxylation is 2. The Bertz CT molecular complexity index is 625. The summed E-state index contributed by atoms with van der Waals surface area (Å²) in [6.45, 7) is 0.631. The largest absolute Gasteiger partial charge is 0.330 e. The van der Waals surface area contributed by atoms with Gasteiger partial charge in [0.1, 0.15) is 5.01 Å². The van der Waals surface area contributed by atoms with E-state index in [9.17, 15) is 0 Å². The summed E-state index contributed by atoms with van der Waals surface area (Å²) < 4.78 is 1.87. The van der Waals surface area contributed by atoms with E-state index in [0.717, 1.165) is 34.9 Å². The maximum Gasteiger partial charge on any atom is 0.212 e. The smallest absolute Gasteiger partial charge is 0.212 e. The number of benzene rings is 1. The van der Waals surface area contributed by atoms with Gasteiger partial charge in [0.25, 0.3) is 0 Å². The zero-order chi connectivity index (χ0) is 13.1. The molecule has 5 heteroatoms. The van der Waals surface area contributed by atoms with E-state index in [4.69, 9.17) is 5.73 Å². The molecule has 0 saturated carbocycles. The zero-order valence-corrected chi connectivity index (χ0v) is 11.4. The number of hydrogen-bond acceptors (Lipinski definition) is 4. The molecule has 19 heavy (non-hydrogen) atoms. The Kier molecular flexibility index (Phi) is 3.57. The summed E-state index contributed by atoms with van der Waals surface area (Å²) in [6.07, 6.45) is 4.78. The van der Waals surface area contributed by atoms with Crippen molar-refractivity contribution >= 4 is 16.3 Å². The third-order valence-electron chi connectivity index (χ3n) is 3.01. The maximum absolute atomic E-state index is 5.53. The van der Waals surface area contributed by atoms with E-state index in [1.807, 2.05) is 16.8 Å². The Morgan fingerprint density at radius 3 is 2.68 bits per heavy atom. The van der Waals surface area contributed by atoms with Gasteiger partial charge in [-0.1, -0.05) is 41.7 Å². The number of aromatic nitrogens is 3. The molecule has 1 aromatic carbocycles. The van der Waals surface area contributed by atoms with Crippen LogP contribution in [0.1, 0.15) is 16.3 Å². The number of nitrogens with zero attached hydrogens (tertiary/aromatic N) is 3. The minimum Gasteiger partial charge on any atom is -0.330 e. The quantitative estimate of drug-likeness (QED) is 0.773. The number of hydrogen-bond donors (Lipinski definition) is 1. The SMILES string of the molecule is NCCc1cn2nc(CCc3ccccc3)sc2n1. The Balaban J connectivity index is 1.70. The lowest BCUT2D eigenvalue weighted by molar-refractivity contribution is 0.860. The first-order valence-electron chi connectivity index (χ1n) is 6.43. The number of nitrogens with two attached hydrogens (primary N) is 1. The Hall–Kier alpha value is -1.72. The van der Waals surface area contributed by atoms with Crippen LogP contribution in [-0.2, 0) is 19.3 Å². The lowest BCUT2D eigenvalue weighted by Gasteiger charge is -1.97. The predicted octanol–water partition coefficient (Wildman–Crippen LogP) is 2.08. The standard InChI is InChI=1S/C14H16N4S/c15-9-8-12-10-18-14(16-12)19-13(17-18)7-6-11-4-2-1-3-5-11/h1-5,10H,6-9,15H2. The van der Waals surface area contributed by atoms with Gasteiger partial charge in [-0.25, -0.2) is 9.50 Å². The molecule has 0 amide bonds. The highest BCUT2D eigenvalue weighted by molar-refractivity contribution is 7.16. The molecule has 0 unspecified atom stereocenters. The van der Waals surface area contributed by atoms with Crippen molar-refractivity contribution in [1.82, 2.24) is 14.6 Å². The lowest BCUT2D eigenvalue weighted by atomic mass is 10.1. The van der Waals surface area contributed by atoms with E-state index in [1.165, 1.54) is 5.56 Å². The van der Waals surface area contributed by atoms with Gasteiger partial charge in [-0.2, -0.15) is 5.10 Å². The lowest BCUT2D eigenvalue weighted by Crippen LogP contribution is -2.02. The molecule has 0 aliphatic carbocycles. The molecule has 98 valence electrons. The molecule has 0 saturated heterocycles. The second kappa shape index (κ2) is 5.50. The summed E-state index contributed by atoms with van der Waals surface area (Å²) in [6, 6.07) is 10.5. The number of rotatable bonds is 5. The molecule has 3 rings (SSSR count). The summed E-state index contributed by atoms with van der Waals surface area (Å²) in [4.78, 5) is 5.48. The van der Waals surface area contributed by atoms with Gasteiger partial charge >= 0.3 is 0 Å². The normalized spacial score (nSPS) is 11.2. The van der Waals surface area contributed by atoms with Crippen LogP contribution in [-0.4, -0.2) is 21.1 Å². The monoisotopic (exact) mass is 272 g/mol. The third-order valence-corrected chi connectivity index (χ3v) is 3.99. The molecule has 0 fully saturated rings. The molecule has 0 atom stereocenters. The molecule has 2 N–H and O–H groups in total. The van der Waals surface area contributed by atoms with Crippen LogP contribution < -0.4 is 5.73 Å². The van der Waals surface area contributed by atoms with Crippen molar-refractivity contribution in [3.63, 3.8) is 0 Å². The van der Waals surface area contributed by atoms with E-state index in [2.05, 4.69) is 34.3 Å². The van der Waals surface area contributed by atoms with Gasteiger partial charge in [0.05, 0.1) is 11.9 Å². The van der Waals surface area contributed by atoms with E-state index >= 15 is 0 Å². The fraction of sp³-hybridized carbons (Fsp3) is 0.286. The van der Waals surface area contributed by atoms with Crippen molar-refractivity contribution < 1.29 is 0 Å². The zero-order valence-electron chi connectivity index (χ0n) is 10.6. The molecule has 3 aromatic rings. The van der Waals surface area contributed by atoms with Crippen molar-refractivity contribution in [1.29, 1.82) is 0 Å². The van der Waals surface area contributed by atoms with Crippen molar-refractivity contribution in [3.05, 3.63) is 52.8 Å². The molecule has 0 aliphatic rings. The number of imidazole rings is 1. The summed E-state index contributed by atoms with van der Waals surface area (Å²) in [5.41, 5.74) is 7.90. The molecule has 2 aromatic heterocycles. The Morgan fingerprint density at radius 1 is 1.11 bits per heavy atom. The van der Waals surface area contributed by atoms with Gasteiger partial charge < -0.3 is 5.73 Å². The molecule has 0 aliphatic heterocycles. The van der Waals surface area contributed by atoms with Gasteiger partial charge in [0.15, 0.2) is 0 Å². The minimum absolute atomic E-state index is 0.631. The fourth-order valence-corrected chi connectivity index (χ4v) is 2.95. The predicted molar refractivity (Wildman–Crippen MR) is 77.5 cm³/mol. The van der Waals surface area contributed by atoms with E-state index < -0.39 is 0 Å². The first-order valence-corrected chi connectivity index (χ1v) is 7.25. The maximum atomic E-state index is 5.53. The van der Waals surface area contributed by atoms with Crippen molar-refractivity contribution in [3.8, 4) is 0 Å². The molecule has 0 spiro atoms. The van der Waals surface area contributed by atoms with Crippen LogP contribution >= 0.6 is 11.3 Å². The molecule has 0 bridgehead atoms. The van der Waals surface area contributed by atoms with Crippen LogP contribution in [0.3, 0.4) is 0 Å². The van der Waals surface area contributed by atoms with Gasteiger partial charge in [-0.15, -0.1) is 0 Å². The Labute approximate surface area is 115 Å².